The summed E-state index contributed by atoms with van der Waals surface area (Å²) in [6, 6.07) is 0. The van der Waals surface area contributed by atoms with Gasteiger partial charge in [0.1, 0.15) is 5.78 Å². The molecule has 4 unspecified atom stereocenters. The molecule has 4 atom stereocenters. The van der Waals surface area contributed by atoms with Crippen LogP contribution in [0.15, 0.2) is 0 Å². The first kappa shape index (κ1) is 10.2. The first-order valence-corrected chi connectivity index (χ1v) is 5.78. The van der Waals surface area contributed by atoms with Crippen molar-refractivity contribution in [1.29, 1.82) is 0 Å². The maximum atomic E-state index is 11.9. The van der Waals surface area contributed by atoms with E-state index in [9.17, 15) is 9.90 Å². The molecule has 80 valence electrons. The van der Waals surface area contributed by atoms with Crippen molar-refractivity contribution in [2.45, 2.75) is 33.1 Å². The summed E-state index contributed by atoms with van der Waals surface area (Å²) < 4.78 is 0. The number of hydrogen-bond donors (Lipinski definition) is 1. The molecule has 2 aliphatic carbocycles. The first-order chi connectivity index (χ1) is 6.63. The molecule has 2 nitrogen and oxygen atoms in total. The average molecular weight is 196 g/mol. The number of aliphatic hydroxyl groups excluding tert-OH is 1. The van der Waals surface area contributed by atoms with Crippen molar-refractivity contribution in [3.63, 3.8) is 0 Å². The minimum absolute atomic E-state index is 0.232. The van der Waals surface area contributed by atoms with Gasteiger partial charge >= 0.3 is 0 Å². The molecule has 0 radical (unpaired) electrons. The SMILES string of the molecule is CC1C(=O)C(C)C2CC(CO)CC1C2. The fourth-order valence-electron chi connectivity index (χ4n) is 3.38. The number of carbonyl (C=O) groups is 1. The summed E-state index contributed by atoms with van der Waals surface area (Å²) in [5.74, 6) is 2.48. The largest absolute Gasteiger partial charge is 0.396 e. The smallest absolute Gasteiger partial charge is 0.139 e. The fourth-order valence-corrected chi connectivity index (χ4v) is 3.38. The quantitative estimate of drug-likeness (QED) is 0.695. The van der Waals surface area contributed by atoms with E-state index in [-0.39, 0.29) is 11.8 Å². The second kappa shape index (κ2) is 3.65. The highest BCUT2D eigenvalue weighted by atomic mass is 16.3. The Morgan fingerprint density at radius 1 is 1.14 bits per heavy atom. The van der Waals surface area contributed by atoms with Crippen molar-refractivity contribution in [1.82, 2.24) is 0 Å². The standard InChI is InChI=1S/C12H20O2/c1-7-10-3-9(6-13)4-11(5-10)8(2)12(7)14/h7-11,13H,3-6H2,1-2H3. The van der Waals surface area contributed by atoms with E-state index in [0.29, 0.717) is 30.1 Å². The lowest BCUT2D eigenvalue weighted by Crippen LogP contribution is -2.43. The number of aliphatic hydroxyl groups is 1. The molecular weight excluding hydrogens is 176 g/mol. The molecule has 0 saturated heterocycles. The Labute approximate surface area is 85.7 Å². The molecule has 1 N–H and O–H groups in total. The number of rotatable bonds is 1. The lowest BCUT2D eigenvalue weighted by atomic mass is 9.60. The molecule has 2 fully saturated rings. The van der Waals surface area contributed by atoms with Gasteiger partial charge in [-0.05, 0) is 37.0 Å². The molecule has 0 heterocycles. The highest BCUT2D eigenvalue weighted by Crippen LogP contribution is 2.46. The van der Waals surface area contributed by atoms with Gasteiger partial charge in [-0.3, -0.25) is 4.79 Å². The minimum atomic E-state index is 0.232. The summed E-state index contributed by atoms with van der Waals surface area (Å²) in [6.07, 6.45) is 3.34. The third kappa shape index (κ3) is 1.50. The third-order valence-corrected chi connectivity index (χ3v) is 4.45. The van der Waals surface area contributed by atoms with Crippen LogP contribution < -0.4 is 0 Å². The van der Waals surface area contributed by atoms with Crippen LogP contribution in [0.2, 0.25) is 0 Å². The molecule has 14 heavy (non-hydrogen) atoms. The molecule has 0 aromatic rings. The zero-order valence-corrected chi connectivity index (χ0v) is 9.07. The Morgan fingerprint density at radius 2 is 1.64 bits per heavy atom. The Hall–Kier alpha value is -0.370. The number of carbonyl (C=O) groups excluding carboxylic acids is 1. The highest BCUT2D eigenvalue weighted by molar-refractivity contribution is 5.84. The summed E-state index contributed by atoms with van der Waals surface area (Å²) in [6.45, 7) is 4.44. The normalized spacial score (nSPS) is 47.9. The van der Waals surface area contributed by atoms with E-state index in [1.807, 2.05) is 0 Å². The van der Waals surface area contributed by atoms with Gasteiger partial charge in [0.15, 0.2) is 0 Å². The van der Waals surface area contributed by atoms with Gasteiger partial charge in [-0.2, -0.15) is 0 Å². The molecule has 0 aromatic heterocycles. The molecule has 2 heteroatoms. The van der Waals surface area contributed by atoms with Crippen LogP contribution in [0, 0.1) is 29.6 Å². The van der Waals surface area contributed by atoms with Gasteiger partial charge in [0.05, 0.1) is 0 Å². The van der Waals surface area contributed by atoms with E-state index in [1.54, 1.807) is 0 Å². The summed E-state index contributed by atoms with van der Waals surface area (Å²) in [5.41, 5.74) is 0. The topological polar surface area (TPSA) is 37.3 Å². The molecule has 0 aliphatic heterocycles. The van der Waals surface area contributed by atoms with Crippen molar-refractivity contribution in [2.75, 3.05) is 6.61 Å². The van der Waals surface area contributed by atoms with Crippen LogP contribution in [0.4, 0.5) is 0 Å². The number of hydrogen-bond acceptors (Lipinski definition) is 2. The van der Waals surface area contributed by atoms with E-state index in [4.69, 9.17) is 0 Å². The predicted octanol–water partition coefficient (Wildman–Crippen LogP) is 1.87. The van der Waals surface area contributed by atoms with Crippen LogP contribution in [0.1, 0.15) is 33.1 Å². The van der Waals surface area contributed by atoms with E-state index >= 15 is 0 Å². The number of ketones is 1. The molecule has 0 aromatic carbocycles. The van der Waals surface area contributed by atoms with Crippen LogP contribution in [-0.4, -0.2) is 17.5 Å². The number of fused-ring (bicyclic) bond motifs is 2. The Balaban J connectivity index is 2.15. The molecule has 2 rings (SSSR count). The van der Waals surface area contributed by atoms with E-state index in [2.05, 4.69) is 13.8 Å². The van der Waals surface area contributed by atoms with Crippen molar-refractivity contribution in [3.8, 4) is 0 Å². The second-order valence-electron chi connectivity index (χ2n) is 5.26. The van der Waals surface area contributed by atoms with Crippen molar-refractivity contribution >= 4 is 5.78 Å². The summed E-state index contributed by atoms with van der Waals surface area (Å²) in [5, 5.41) is 9.20. The van der Waals surface area contributed by atoms with Gasteiger partial charge < -0.3 is 5.11 Å². The summed E-state index contributed by atoms with van der Waals surface area (Å²) in [7, 11) is 0. The van der Waals surface area contributed by atoms with E-state index in [0.717, 1.165) is 12.8 Å². The van der Waals surface area contributed by atoms with Crippen LogP contribution in [0.5, 0.6) is 0 Å². The van der Waals surface area contributed by atoms with Gasteiger partial charge in [0.25, 0.3) is 0 Å². The third-order valence-electron chi connectivity index (χ3n) is 4.45. The molecular formula is C12H20O2. The zero-order chi connectivity index (χ0) is 10.3. The molecule has 2 saturated carbocycles. The summed E-state index contributed by atoms with van der Waals surface area (Å²) >= 11 is 0. The fraction of sp³-hybridized carbons (Fsp3) is 0.917. The molecule has 2 aliphatic rings. The van der Waals surface area contributed by atoms with Crippen LogP contribution in [-0.2, 0) is 4.79 Å². The number of Topliss-reactive ketones (excluding diaryl/α,β-unsaturated/α-hetero) is 1. The second-order valence-corrected chi connectivity index (χ2v) is 5.26. The average Bonchev–Trinajstić information content (AvgIpc) is 2.23. The van der Waals surface area contributed by atoms with Crippen molar-refractivity contribution < 1.29 is 9.90 Å². The van der Waals surface area contributed by atoms with Gasteiger partial charge in [-0.25, -0.2) is 0 Å². The Morgan fingerprint density at radius 3 is 2.07 bits per heavy atom. The van der Waals surface area contributed by atoms with Gasteiger partial charge in [0, 0.05) is 18.4 Å². The van der Waals surface area contributed by atoms with Crippen molar-refractivity contribution in [2.24, 2.45) is 29.6 Å². The van der Waals surface area contributed by atoms with Crippen molar-refractivity contribution in [3.05, 3.63) is 0 Å². The Kier molecular flexibility index (Phi) is 2.65. The molecule has 2 bridgehead atoms. The zero-order valence-electron chi connectivity index (χ0n) is 9.07. The van der Waals surface area contributed by atoms with Gasteiger partial charge in [-0.15, -0.1) is 0 Å². The Bertz CT molecular complexity index is 212. The maximum absolute atomic E-state index is 11.9. The van der Waals surface area contributed by atoms with Crippen LogP contribution >= 0.6 is 0 Å². The lowest BCUT2D eigenvalue weighted by molar-refractivity contribution is -0.136. The first-order valence-electron chi connectivity index (χ1n) is 5.78. The highest BCUT2D eigenvalue weighted by Gasteiger charge is 2.43. The van der Waals surface area contributed by atoms with Crippen LogP contribution in [0.3, 0.4) is 0 Å². The van der Waals surface area contributed by atoms with E-state index < -0.39 is 0 Å². The predicted molar refractivity (Wildman–Crippen MR) is 54.7 cm³/mol. The molecule has 0 amide bonds. The molecule has 0 spiro atoms. The lowest BCUT2D eigenvalue weighted by Gasteiger charge is -2.44. The minimum Gasteiger partial charge on any atom is -0.396 e. The van der Waals surface area contributed by atoms with Gasteiger partial charge in [-0.1, -0.05) is 13.8 Å². The van der Waals surface area contributed by atoms with Gasteiger partial charge in [0.2, 0.25) is 0 Å². The summed E-state index contributed by atoms with van der Waals surface area (Å²) in [4.78, 5) is 11.9. The monoisotopic (exact) mass is 196 g/mol. The maximum Gasteiger partial charge on any atom is 0.139 e. The van der Waals surface area contributed by atoms with E-state index in [1.165, 1.54) is 6.42 Å². The van der Waals surface area contributed by atoms with Crippen LogP contribution in [0.25, 0.3) is 0 Å².